The van der Waals surface area contributed by atoms with Gasteiger partial charge in [0, 0.05) is 10.7 Å². The number of methoxy groups -OCH3 is 1. The van der Waals surface area contributed by atoms with Crippen LogP contribution in [0.15, 0.2) is 24.3 Å². The summed E-state index contributed by atoms with van der Waals surface area (Å²) in [7, 11) is 1.40. The Labute approximate surface area is 122 Å². The number of ether oxygens (including phenoxy) is 2. The zero-order valence-electron chi connectivity index (χ0n) is 11.2. The zero-order chi connectivity index (χ0) is 13.7. The first-order chi connectivity index (χ1) is 9.17. The van der Waals surface area contributed by atoms with Crippen molar-refractivity contribution < 1.29 is 14.3 Å². The molecule has 1 fully saturated rings. The van der Waals surface area contributed by atoms with E-state index in [-0.39, 0.29) is 5.97 Å². The first kappa shape index (κ1) is 14.4. The van der Waals surface area contributed by atoms with Gasteiger partial charge in [-0.25, -0.2) is 0 Å². The summed E-state index contributed by atoms with van der Waals surface area (Å²) in [5.74, 6) is 0.641. The van der Waals surface area contributed by atoms with Crippen molar-refractivity contribution in [2.75, 3.05) is 19.0 Å². The molecule has 0 radical (unpaired) electrons. The minimum Gasteiger partial charge on any atom is -0.493 e. The van der Waals surface area contributed by atoms with Crippen molar-refractivity contribution >= 4 is 21.9 Å². The maximum absolute atomic E-state index is 11.1. The van der Waals surface area contributed by atoms with Gasteiger partial charge in [0.05, 0.1) is 20.1 Å². The van der Waals surface area contributed by atoms with Crippen LogP contribution < -0.4 is 4.74 Å². The van der Waals surface area contributed by atoms with E-state index in [2.05, 4.69) is 20.7 Å². The summed E-state index contributed by atoms with van der Waals surface area (Å²) in [6, 6.07) is 7.65. The fourth-order valence-electron chi connectivity index (χ4n) is 2.17. The molecule has 1 aromatic carbocycles. The summed E-state index contributed by atoms with van der Waals surface area (Å²) in [4.78, 5) is 11.1. The lowest BCUT2D eigenvalue weighted by molar-refractivity contribution is -0.139. The monoisotopic (exact) mass is 326 g/mol. The summed E-state index contributed by atoms with van der Waals surface area (Å²) in [5.41, 5.74) is 1.27. The highest BCUT2D eigenvalue weighted by Gasteiger charge is 2.36. The highest BCUT2D eigenvalue weighted by molar-refractivity contribution is 9.09. The quantitative estimate of drug-likeness (QED) is 0.594. The number of halogens is 1. The molecule has 0 N–H and O–H groups in total. The topological polar surface area (TPSA) is 35.5 Å². The number of carbonyl (C=O) groups excluding carboxylic acids is 1. The van der Waals surface area contributed by atoms with Crippen molar-refractivity contribution in [3.8, 4) is 5.75 Å². The predicted octanol–water partition coefficient (Wildman–Crippen LogP) is 3.35. The van der Waals surface area contributed by atoms with E-state index in [4.69, 9.17) is 4.74 Å². The van der Waals surface area contributed by atoms with Crippen molar-refractivity contribution in [2.24, 2.45) is 5.41 Å². The number of hydrogen-bond donors (Lipinski definition) is 0. The number of carbonyl (C=O) groups is 1. The van der Waals surface area contributed by atoms with Gasteiger partial charge in [0.1, 0.15) is 5.75 Å². The Morgan fingerprint density at radius 3 is 2.47 bits per heavy atom. The number of esters is 1. The maximum Gasteiger partial charge on any atom is 0.309 e. The van der Waals surface area contributed by atoms with Gasteiger partial charge in [0.25, 0.3) is 0 Å². The molecule has 1 aliphatic rings. The Morgan fingerprint density at radius 1 is 1.32 bits per heavy atom. The lowest BCUT2D eigenvalue weighted by Gasteiger charge is -2.39. The van der Waals surface area contributed by atoms with Crippen LogP contribution in [0.1, 0.15) is 24.8 Å². The molecule has 0 saturated heterocycles. The number of alkyl halides is 1. The Morgan fingerprint density at radius 2 is 2.00 bits per heavy atom. The minimum atomic E-state index is -0.221. The van der Waals surface area contributed by atoms with Crippen molar-refractivity contribution in [1.82, 2.24) is 0 Å². The van der Waals surface area contributed by atoms with E-state index in [9.17, 15) is 4.79 Å². The van der Waals surface area contributed by atoms with Crippen LogP contribution in [0.3, 0.4) is 0 Å². The lowest BCUT2D eigenvalue weighted by Crippen LogP contribution is -2.37. The van der Waals surface area contributed by atoms with E-state index in [0.29, 0.717) is 11.8 Å². The van der Waals surface area contributed by atoms with E-state index in [1.807, 2.05) is 24.3 Å². The number of benzene rings is 1. The average molecular weight is 327 g/mol. The molecule has 0 spiro atoms. The van der Waals surface area contributed by atoms with Crippen LogP contribution in [0.4, 0.5) is 0 Å². The summed E-state index contributed by atoms with van der Waals surface area (Å²) in [6.45, 7) is 0.759. The second-order valence-electron chi connectivity index (χ2n) is 5.17. The molecule has 0 unspecified atom stereocenters. The van der Waals surface area contributed by atoms with Crippen LogP contribution in [0.2, 0.25) is 0 Å². The highest BCUT2D eigenvalue weighted by atomic mass is 79.9. The molecule has 19 heavy (non-hydrogen) atoms. The van der Waals surface area contributed by atoms with Gasteiger partial charge in [-0.3, -0.25) is 4.79 Å². The summed E-state index contributed by atoms with van der Waals surface area (Å²) >= 11 is 3.57. The third-order valence-electron chi connectivity index (χ3n) is 3.74. The van der Waals surface area contributed by atoms with Crippen LogP contribution >= 0.6 is 15.9 Å². The highest BCUT2D eigenvalue weighted by Crippen LogP contribution is 2.42. The molecule has 0 bridgehead atoms. The largest absolute Gasteiger partial charge is 0.493 e. The Kier molecular flexibility index (Phi) is 4.86. The standard InChI is InChI=1S/C15H19BrO3/c1-18-14(17)9-12-3-5-13(6-4-12)19-11-15(10-16)7-2-8-15/h3-6H,2,7-11H2,1H3. The SMILES string of the molecule is COC(=O)Cc1ccc(OCC2(CBr)CCC2)cc1. The van der Waals surface area contributed by atoms with Crippen LogP contribution in [0.5, 0.6) is 5.75 Å². The third-order valence-corrected chi connectivity index (χ3v) is 4.93. The van der Waals surface area contributed by atoms with Crippen LogP contribution in [-0.2, 0) is 16.0 Å². The molecular formula is C15H19BrO3. The van der Waals surface area contributed by atoms with E-state index in [0.717, 1.165) is 23.2 Å². The molecule has 104 valence electrons. The molecule has 0 atom stereocenters. The Bertz CT molecular complexity index is 418. The van der Waals surface area contributed by atoms with E-state index in [1.54, 1.807) is 0 Å². The van der Waals surface area contributed by atoms with Crippen molar-refractivity contribution in [2.45, 2.75) is 25.7 Å². The van der Waals surface area contributed by atoms with Crippen molar-refractivity contribution in [3.63, 3.8) is 0 Å². The van der Waals surface area contributed by atoms with Gasteiger partial charge < -0.3 is 9.47 Å². The van der Waals surface area contributed by atoms with Crippen LogP contribution in [-0.4, -0.2) is 25.0 Å². The Hall–Kier alpha value is -1.03. The van der Waals surface area contributed by atoms with Gasteiger partial charge in [-0.05, 0) is 30.5 Å². The van der Waals surface area contributed by atoms with Gasteiger partial charge in [0.15, 0.2) is 0 Å². The Balaban J connectivity index is 1.86. The second kappa shape index (κ2) is 6.42. The van der Waals surface area contributed by atoms with E-state index in [1.165, 1.54) is 26.4 Å². The van der Waals surface area contributed by atoms with Gasteiger partial charge in [-0.1, -0.05) is 34.5 Å². The summed E-state index contributed by atoms with van der Waals surface area (Å²) in [6.07, 6.45) is 4.08. The second-order valence-corrected chi connectivity index (χ2v) is 5.73. The first-order valence-electron chi connectivity index (χ1n) is 6.52. The van der Waals surface area contributed by atoms with Crippen molar-refractivity contribution in [1.29, 1.82) is 0 Å². The van der Waals surface area contributed by atoms with Gasteiger partial charge in [0.2, 0.25) is 0 Å². The molecule has 4 heteroatoms. The molecule has 0 heterocycles. The number of hydrogen-bond acceptors (Lipinski definition) is 3. The molecule has 2 rings (SSSR count). The fourth-order valence-corrected chi connectivity index (χ4v) is 2.89. The molecular weight excluding hydrogens is 308 g/mol. The van der Waals surface area contributed by atoms with Gasteiger partial charge >= 0.3 is 5.97 Å². The molecule has 1 aliphatic carbocycles. The normalized spacial score (nSPS) is 16.5. The third kappa shape index (κ3) is 3.72. The smallest absolute Gasteiger partial charge is 0.309 e. The maximum atomic E-state index is 11.1. The van der Waals surface area contributed by atoms with E-state index < -0.39 is 0 Å². The van der Waals surface area contributed by atoms with Crippen LogP contribution in [0.25, 0.3) is 0 Å². The summed E-state index contributed by atoms with van der Waals surface area (Å²) in [5, 5.41) is 1.00. The zero-order valence-corrected chi connectivity index (χ0v) is 12.7. The molecule has 0 aromatic heterocycles. The average Bonchev–Trinajstić information content (AvgIpc) is 2.39. The fraction of sp³-hybridized carbons (Fsp3) is 0.533. The molecule has 1 saturated carbocycles. The van der Waals surface area contributed by atoms with Gasteiger partial charge in [-0.15, -0.1) is 0 Å². The van der Waals surface area contributed by atoms with Crippen LogP contribution in [0, 0.1) is 5.41 Å². The molecule has 0 amide bonds. The first-order valence-corrected chi connectivity index (χ1v) is 7.64. The predicted molar refractivity (Wildman–Crippen MR) is 77.7 cm³/mol. The minimum absolute atomic E-state index is 0.221. The molecule has 1 aromatic rings. The molecule has 3 nitrogen and oxygen atoms in total. The molecule has 0 aliphatic heterocycles. The van der Waals surface area contributed by atoms with Gasteiger partial charge in [-0.2, -0.15) is 0 Å². The summed E-state index contributed by atoms with van der Waals surface area (Å²) < 4.78 is 10.5. The lowest BCUT2D eigenvalue weighted by atomic mass is 9.71. The van der Waals surface area contributed by atoms with Crippen molar-refractivity contribution in [3.05, 3.63) is 29.8 Å². The number of rotatable bonds is 6. The van der Waals surface area contributed by atoms with E-state index >= 15 is 0 Å².